The molecule has 152 valence electrons. The van der Waals surface area contributed by atoms with Crippen LogP contribution in [0.4, 0.5) is 4.39 Å². The standard InChI is InChI=1S/C23H26FN3O2/c1-16-11-20-21(12-17(16)2)27(15-25-20)13-18-7-9-26(10-8-18)23(28)14-29-22-6-4-3-5-19(22)24/h3-6,11-12,15,18H,7-10,13-14H2,1-2H3. The third kappa shape index (κ3) is 4.26. The summed E-state index contributed by atoms with van der Waals surface area (Å²) in [6.07, 6.45) is 3.80. The molecule has 0 saturated carbocycles. The van der Waals surface area contributed by atoms with E-state index in [1.54, 1.807) is 12.1 Å². The van der Waals surface area contributed by atoms with Crippen molar-refractivity contribution in [3.63, 3.8) is 0 Å². The van der Waals surface area contributed by atoms with Gasteiger partial charge in [-0.25, -0.2) is 9.37 Å². The first-order valence-electron chi connectivity index (χ1n) is 10.1. The lowest BCUT2D eigenvalue weighted by molar-refractivity contribution is -0.134. The maximum atomic E-state index is 13.6. The van der Waals surface area contributed by atoms with Crippen LogP contribution in [0.25, 0.3) is 11.0 Å². The number of halogens is 1. The minimum Gasteiger partial charge on any atom is -0.481 e. The molecule has 1 fully saturated rings. The molecule has 0 bridgehead atoms. The Morgan fingerprint density at radius 3 is 2.66 bits per heavy atom. The Balaban J connectivity index is 1.31. The zero-order valence-corrected chi connectivity index (χ0v) is 16.9. The van der Waals surface area contributed by atoms with E-state index in [1.165, 1.54) is 28.8 Å². The summed E-state index contributed by atoms with van der Waals surface area (Å²) in [4.78, 5) is 18.8. The van der Waals surface area contributed by atoms with Crippen molar-refractivity contribution in [1.82, 2.24) is 14.5 Å². The summed E-state index contributed by atoms with van der Waals surface area (Å²) < 4.78 is 21.2. The number of nitrogens with zero attached hydrogens (tertiary/aromatic N) is 3. The summed E-state index contributed by atoms with van der Waals surface area (Å²) in [5.41, 5.74) is 4.73. The summed E-state index contributed by atoms with van der Waals surface area (Å²) in [6, 6.07) is 10.5. The molecular formula is C23H26FN3O2. The predicted octanol–water partition coefficient (Wildman–Crippen LogP) is 4.11. The van der Waals surface area contributed by atoms with Crippen LogP contribution >= 0.6 is 0 Å². The molecule has 0 atom stereocenters. The van der Waals surface area contributed by atoms with E-state index < -0.39 is 5.82 Å². The normalized spacial score (nSPS) is 15.1. The molecule has 1 amide bonds. The van der Waals surface area contributed by atoms with Gasteiger partial charge in [-0.2, -0.15) is 0 Å². The molecule has 29 heavy (non-hydrogen) atoms. The van der Waals surface area contributed by atoms with Crippen LogP contribution in [0, 0.1) is 25.6 Å². The topological polar surface area (TPSA) is 47.4 Å². The van der Waals surface area contributed by atoms with E-state index in [0.717, 1.165) is 24.9 Å². The molecule has 0 radical (unpaired) electrons. The van der Waals surface area contributed by atoms with Crippen molar-refractivity contribution in [3.8, 4) is 5.75 Å². The highest BCUT2D eigenvalue weighted by Crippen LogP contribution is 2.24. The van der Waals surface area contributed by atoms with E-state index in [1.807, 2.05) is 11.2 Å². The lowest BCUT2D eigenvalue weighted by atomic mass is 9.96. The van der Waals surface area contributed by atoms with Crippen molar-refractivity contribution in [3.05, 3.63) is 59.7 Å². The number of amides is 1. The molecule has 1 aromatic heterocycles. The first-order valence-corrected chi connectivity index (χ1v) is 10.1. The Morgan fingerprint density at radius 2 is 1.90 bits per heavy atom. The van der Waals surface area contributed by atoms with E-state index in [-0.39, 0.29) is 18.3 Å². The number of benzene rings is 2. The summed E-state index contributed by atoms with van der Waals surface area (Å²) in [5, 5.41) is 0. The number of hydrogen-bond acceptors (Lipinski definition) is 3. The molecule has 0 unspecified atom stereocenters. The van der Waals surface area contributed by atoms with Crippen molar-refractivity contribution >= 4 is 16.9 Å². The van der Waals surface area contributed by atoms with Gasteiger partial charge in [0.25, 0.3) is 5.91 Å². The van der Waals surface area contributed by atoms with Crippen LogP contribution in [0.2, 0.25) is 0 Å². The average Bonchev–Trinajstić information content (AvgIpc) is 3.09. The van der Waals surface area contributed by atoms with E-state index in [2.05, 4.69) is 35.5 Å². The second-order valence-corrected chi connectivity index (χ2v) is 7.87. The van der Waals surface area contributed by atoms with Crippen LogP contribution in [0.15, 0.2) is 42.7 Å². The predicted molar refractivity (Wildman–Crippen MR) is 110 cm³/mol. The van der Waals surface area contributed by atoms with Gasteiger partial charge in [-0.3, -0.25) is 4.79 Å². The number of carbonyl (C=O) groups is 1. The number of imidazole rings is 1. The monoisotopic (exact) mass is 395 g/mol. The minimum atomic E-state index is -0.447. The second kappa shape index (κ2) is 8.23. The fourth-order valence-corrected chi connectivity index (χ4v) is 3.89. The molecule has 1 aliphatic heterocycles. The molecule has 4 rings (SSSR count). The Labute approximate surface area is 170 Å². The molecule has 0 aliphatic carbocycles. The molecular weight excluding hydrogens is 369 g/mol. The Kier molecular flexibility index (Phi) is 5.51. The van der Waals surface area contributed by atoms with E-state index in [9.17, 15) is 9.18 Å². The Bertz CT molecular complexity index is 1020. The molecule has 2 aromatic carbocycles. The highest BCUT2D eigenvalue weighted by atomic mass is 19.1. The average molecular weight is 395 g/mol. The fourth-order valence-electron chi connectivity index (χ4n) is 3.89. The molecule has 6 heteroatoms. The number of piperidine rings is 1. The van der Waals surface area contributed by atoms with Gasteiger partial charge in [0.2, 0.25) is 0 Å². The highest BCUT2D eigenvalue weighted by molar-refractivity contribution is 5.78. The first kappa shape index (κ1) is 19.4. The van der Waals surface area contributed by atoms with E-state index >= 15 is 0 Å². The van der Waals surface area contributed by atoms with Crippen LogP contribution in [0.5, 0.6) is 5.75 Å². The highest BCUT2D eigenvalue weighted by Gasteiger charge is 2.24. The van der Waals surface area contributed by atoms with Gasteiger partial charge in [-0.1, -0.05) is 12.1 Å². The molecule has 5 nitrogen and oxygen atoms in total. The summed E-state index contributed by atoms with van der Waals surface area (Å²) >= 11 is 0. The first-order chi connectivity index (χ1) is 14.0. The smallest absolute Gasteiger partial charge is 0.260 e. The Hall–Kier alpha value is -2.89. The third-order valence-electron chi connectivity index (χ3n) is 5.85. The van der Waals surface area contributed by atoms with Gasteiger partial charge in [0, 0.05) is 19.6 Å². The second-order valence-electron chi connectivity index (χ2n) is 7.87. The van der Waals surface area contributed by atoms with E-state index in [0.29, 0.717) is 19.0 Å². The van der Waals surface area contributed by atoms with Crippen LogP contribution in [-0.2, 0) is 11.3 Å². The van der Waals surface area contributed by atoms with Crippen LogP contribution in [0.1, 0.15) is 24.0 Å². The number of hydrogen-bond donors (Lipinski definition) is 0. The molecule has 1 saturated heterocycles. The van der Waals surface area contributed by atoms with Crippen LogP contribution < -0.4 is 4.74 Å². The van der Waals surface area contributed by atoms with Crippen molar-refractivity contribution in [1.29, 1.82) is 0 Å². The summed E-state index contributed by atoms with van der Waals surface area (Å²) in [7, 11) is 0. The number of carbonyl (C=O) groups excluding carboxylic acids is 1. The van der Waals surface area contributed by atoms with Crippen LogP contribution in [0.3, 0.4) is 0 Å². The van der Waals surface area contributed by atoms with Gasteiger partial charge in [0.1, 0.15) is 0 Å². The van der Waals surface area contributed by atoms with Crippen molar-refractivity contribution in [2.45, 2.75) is 33.2 Å². The minimum absolute atomic E-state index is 0.0918. The molecule has 0 spiro atoms. The Morgan fingerprint density at radius 1 is 1.17 bits per heavy atom. The number of likely N-dealkylation sites (tertiary alicyclic amines) is 1. The van der Waals surface area contributed by atoms with Crippen molar-refractivity contribution in [2.75, 3.05) is 19.7 Å². The van der Waals surface area contributed by atoms with Gasteiger partial charge < -0.3 is 14.2 Å². The van der Waals surface area contributed by atoms with E-state index in [4.69, 9.17) is 4.74 Å². The molecule has 0 N–H and O–H groups in total. The number of fused-ring (bicyclic) bond motifs is 1. The maximum Gasteiger partial charge on any atom is 0.260 e. The quantitative estimate of drug-likeness (QED) is 0.653. The van der Waals surface area contributed by atoms with Crippen LogP contribution in [-0.4, -0.2) is 40.1 Å². The van der Waals surface area contributed by atoms with Gasteiger partial charge in [-0.05, 0) is 68.0 Å². The van der Waals surface area contributed by atoms with Crippen molar-refractivity contribution in [2.24, 2.45) is 5.92 Å². The molecule has 3 aromatic rings. The molecule has 2 heterocycles. The molecule has 1 aliphatic rings. The van der Waals surface area contributed by atoms with Gasteiger partial charge >= 0.3 is 0 Å². The summed E-state index contributed by atoms with van der Waals surface area (Å²) in [5.74, 6) is 0.0849. The van der Waals surface area contributed by atoms with Crippen molar-refractivity contribution < 1.29 is 13.9 Å². The fraction of sp³-hybridized carbons (Fsp3) is 0.391. The zero-order chi connectivity index (χ0) is 20.4. The third-order valence-corrected chi connectivity index (χ3v) is 5.85. The van der Waals surface area contributed by atoms with Gasteiger partial charge in [0.05, 0.1) is 17.4 Å². The lowest BCUT2D eigenvalue weighted by Gasteiger charge is -2.32. The van der Waals surface area contributed by atoms with Gasteiger partial charge in [0.15, 0.2) is 18.2 Å². The van der Waals surface area contributed by atoms with Gasteiger partial charge in [-0.15, -0.1) is 0 Å². The lowest BCUT2D eigenvalue weighted by Crippen LogP contribution is -2.41. The largest absolute Gasteiger partial charge is 0.481 e. The zero-order valence-electron chi connectivity index (χ0n) is 16.9. The number of ether oxygens (including phenoxy) is 1. The number of aryl methyl sites for hydroxylation is 2. The number of para-hydroxylation sites is 1. The number of aromatic nitrogens is 2. The summed E-state index contributed by atoms with van der Waals surface area (Å²) in [6.45, 7) is 6.42. The SMILES string of the molecule is Cc1cc2ncn(CC3CCN(C(=O)COc4ccccc4F)CC3)c2cc1C. The number of rotatable bonds is 5. The maximum absolute atomic E-state index is 13.6.